The Kier molecular flexibility index (Phi) is 8.63. The van der Waals surface area contributed by atoms with Gasteiger partial charge in [-0.15, -0.1) is 0 Å². The number of carbonyl (C=O) groups is 2. The summed E-state index contributed by atoms with van der Waals surface area (Å²) in [7, 11) is 3.12. The van der Waals surface area contributed by atoms with Gasteiger partial charge < -0.3 is 19.7 Å². The van der Waals surface area contributed by atoms with Crippen molar-refractivity contribution < 1.29 is 23.5 Å². The van der Waals surface area contributed by atoms with E-state index in [-0.39, 0.29) is 24.8 Å². The lowest BCUT2D eigenvalue weighted by Crippen LogP contribution is -2.52. The van der Waals surface area contributed by atoms with E-state index >= 15 is 0 Å². The number of amides is 2. The lowest BCUT2D eigenvalue weighted by molar-refractivity contribution is -0.141. The van der Waals surface area contributed by atoms with E-state index in [2.05, 4.69) is 5.32 Å². The summed E-state index contributed by atoms with van der Waals surface area (Å²) in [5.74, 6) is 0.260. The molecule has 0 saturated heterocycles. The van der Waals surface area contributed by atoms with Crippen molar-refractivity contribution in [1.29, 1.82) is 0 Å². The van der Waals surface area contributed by atoms with Crippen LogP contribution in [0.5, 0.6) is 11.5 Å². The van der Waals surface area contributed by atoms with E-state index in [4.69, 9.17) is 9.47 Å². The number of carbonyl (C=O) groups excluding carboxylic acids is 2. The van der Waals surface area contributed by atoms with Crippen LogP contribution >= 0.6 is 0 Å². The van der Waals surface area contributed by atoms with Gasteiger partial charge in [0.1, 0.15) is 11.9 Å². The van der Waals surface area contributed by atoms with Gasteiger partial charge in [0.2, 0.25) is 11.8 Å². The molecule has 0 unspecified atom stereocenters. The molecular formula is C25H33FN2O4. The van der Waals surface area contributed by atoms with Crippen LogP contribution in [0.15, 0.2) is 42.5 Å². The number of methoxy groups -OCH3 is 2. The molecule has 174 valence electrons. The van der Waals surface area contributed by atoms with Crippen molar-refractivity contribution in [2.24, 2.45) is 0 Å². The molecule has 0 spiro atoms. The van der Waals surface area contributed by atoms with Crippen molar-refractivity contribution in [3.05, 3.63) is 59.4 Å². The van der Waals surface area contributed by atoms with Crippen LogP contribution in [0.4, 0.5) is 4.39 Å². The Labute approximate surface area is 189 Å². The predicted molar refractivity (Wildman–Crippen MR) is 122 cm³/mol. The zero-order chi connectivity index (χ0) is 23.9. The van der Waals surface area contributed by atoms with E-state index < -0.39 is 17.4 Å². The summed E-state index contributed by atoms with van der Waals surface area (Å²) >= 11 is 0. The average molecular weight is 445 g/mol. The lowest BCUT2D eigenvalue weighted by Gasteiger charge is -2.31. The van der Waals surface area contributed by atoms with Gasteiger partial charge in [0, 0.05) is 24.1 Å². The summed E-state index contributed by atoms with van der Waals surface area (Å²) in [6.45, 7) is 7.29. The first-order valence-corrected chi connectivity index (χ1v) is 10.6. The Balaban J connectivity index is 2.21. The topological polar surface area (TPSA) is 67.9 Å². The fourth-order valence-electron chi connectivity index (χ4n) is 3.30. The highest BCUT2D eigenvalue weighted by Crippen LogP contribution is 2.28. The largest absolute Gasteiger partial charge is 0.493 e. The van der Waals surface area contributed by atoms with E-state index in [1.807, 2.05) is 32.9 Å². The number of hydrogen-bond donors (Lipinski definition) is 1. The molecule has 0 heterocycles. The molecular weight excluding hydrogens is 411 g/mol. The van der Waals surface area contributed by atoms with Gasteiger partial charge in [0.25, 0.3) is 0 Å². The molecule has 1 N–H and O–H groups in total. The molecule has 2 aromatic rings. The molecule has 0 saturated carbocycles. The highest BCUT2D eigenvalue weighted by molar-refractivity contribution is 5.87. The first-order valence-electron chi connectivity index (χ1n) is 10.6. The fraction of sp³-hybridized carbons (Fsp3) is 0.440. The third-order valence-electron chi connectivity index (χ3n) is 5.04. The van der Waals surface area contributed by atoms with Gasteiger partial charge in [-0.1, -0.05) is 24.3 Å². The number of halogens is 1. The number of nitrogens with zero attached hydrogens (tertiary/aromatic N) is 1. The minimum absolute atomic E-state index is 0.0101. The first-order chi connectivity index (χ1) is 15.1. The van der Waals surface area contributed by atoms with Gasteiger partial charge in [-0.3, -0.25) is 9.59 Å². The normalized spacial score (nSPS) is 12.1. The second-order valence-corrected chi connectivity index (χ2v) is 8.72. The summed E-state index contributed by atoms with van der Waals surface area (Å²) in [6.07, 6.45) is 0.609. The zero-order valence-corrected chi connectivity index (χ0v) is 19.7. The highest BCUT2D eigenvalue weighted by atomic mass is 19.1. The summed E-state index contributed by atoms with van der Waals surface area (Å²) < 4.78 is 24.9. The summed E-state index contributed by atoms with van der Waals surface area (Å²) in [6, 6.07) is 11.0. The molecule has 0 fully saturated rings. The second-order valence-electron chi connectivity index (χ2n) is 8.72. The standard InChI is InChI=1S/C25H33FN2O4/c1-17(24(30)27-25(2,3)4)28(16-19-9-7-8-10-20(19)26)23(29)14-12-18-11-13-21(31-5)22(15-18)32-6/h7-11,13,15,17H,12,14,16H2,1-6H3,(H,27,30)/t17-/m1/s1. The average Bonchev–Trinajstić information content (AvgIpc) is 2.75. The molecule has 2 amide bonds. The monoisotopic (exact) mass is 444 g/mol. The van der Waals surface area contributed by atoms with E-state index in [0.29, 0.717) is 23.5 Å². The molecule has 32 heavy (non-hydrogen) atoms. The van der Waals surface area contributed by atoms with E-state index in [1.54, 1.807) is 45.4 Å². The molecule has 2 aromatic carbocycles. The molecule has 0 aliphatic heterocycles. The molecule has 0 aromatic heterocycles. The van der Waals surface area contributed by atoms with Crippen LogP contribution < -0.4 is 14.8 Å². The quantitative estimate of drug-likeness (QED) is 0.632. The zero-order valence-electron chi connectivity index (χ0n) is 19.7. The number of benzene rings is 2. The van der Waals surface area contributed by atoms with Gasteiger partial charge in [0.05, 0.1) is 14.2 Å². The van der Waals surface area contributed by atoms with Gasteiger partial charge in [0.15, 0.2) is 11.5 Å². The third-order valence-corrected chi connectivity index (χ3v) is 5.04. The fourth-order valence-corrected chi connectivity index (χ4v) is 3.30. The van der Waals surface area contributed by atoms with Crippen LogP contribution in [0.2, 0.25) is 0 Å². The maximum absolute atomic E-state index is 14.3. The van der Waals surface area contributed by atoms with Crippen LogP contribution in [0.1, 0.15) is 45.2 Å². The minimum Gasteiger partial charge on any atom is -0.493 e. The Morgan fingerprint density at radius 3 is 2.31 bits per heavy atom. The van der Waals surface area contributed by atoms with Gasteiger partial charge in [-0.2, -0.15) is 0 Å². The van der Waals surface area contributed by atoms with Crippen LogP contribution in [0, 0.1) is 5.82 Å². The summed E-state index contributed by atoms with van der Waals surface area (Å²) in [5.41, 5.74) is 0.813. The van der Waals surface area contributed by atoms with Crippen molar-refractivity contribution in [2.45, 2.75) is 58.7 Å². The van der Waals surface area contributed by atoms with Crippen molar-refractivity contribution in [2.75, 3.05) is 14.2 Å². The molecule has 0 radical (unpaired) electrons. The van der Waals surface area contributed by atoms with Gasteiger partial charge in [-0.25, -0.2) is 4.39 Å². The van der Waals surface area contributed by atoms with Crippen molar-refractivity contribution in [3.63, 3.8) is 0 Å². The maximum Gasteiger partial charge on any atom is 0.242 e. The summed E-state index contributed by atoms with van der Waals surface area (Å²) in [5, 5.41) is 2.90. The van der Waals surface area contributed by atoms with E-state index in [1.165, 1.54) is 11.0 Å². The molecule has 0 aliphatic rings. The predicted octanol–water partition coefficient (Wildman–Crippen LogP) is 4.11. The Morgan fingerprint density at radius 1 is 1.06 bits per heavy atom. The van der Waals surface area contributed by atoms with Gasteiger partial charge in [-0.05, 0) is 57.9 Å². The minimum atomic E-state index is -0.758. The Hall–Kier alpha value is -3.09. The molecule has 6 nitrogen and oxygen atoms in total. The van der Waals surface area contributed by atoms with Crippen LogP contribution in [0.25, 0.3) is 0 Å². The molecule has 1 atom stereocenters. The number of aryl methyl sites for hydroxylation is 1. The van der Waals surface area contributed by atoms with Crippen LogP contribution in [-0.4, -0.2) is 42.5 Å². The van der Waals surface area contributed by atoms with Crippen molar-refractivity contribution >= 4 is 11.8 Å². The van der Waals surface area contributed by atoms with Crippen LogP contribution in [0.3, 0.4) is 0 Å². The van der Waals surface area contributed by atoms with Crippen molar-refractivity contribution in [1.82, 2.24) is 10.2 Å². The second kappa shape index (κ2) is 11.0. The smallest absolute Gasteiger partial charge is 0.242 e. The Bertz CT molecular complexity index is 940. The third kappa shape index (κ3) is 6.97. The van der Waals surface area contributed by atoms with Crippen molar-refractivity contribution in [3.8, 4) is 11.5 Å². The molecule has 0 aliphatic carbocycles. The van der Waals surface area contributed by atoms with E-state index in [9.17, 15) is 14.0 Å². The number of nitrogens with one attached hydrogen (secondary N) is 1. The molecule has 7 heteroatoms. The first kappa shape index (κ1) is 25.2. The Morgan fingerprint density at radius 2 is 1.72 bits per heavy atom. The number of hydrogen-bond acceptors (Lipinski definition) is 4. The highest BCUT2D eigenvalue weighted by Gasteiger charge is 2.28. The van der Waals surface area contributed by atoms with Gasteiger partial charge >= 0.3 is 0 Å². The molecule has 0 bridgehead atoms. The van der Waals surface area contributed by atoms with E-state index in [0.717, 1.165) is 5.56 Å². The number of rotatable bonds is 9. The lowest BCUT2D eigenvalue weighted by atomic mass is 10.1. The molecule has 2 rings (SSSR count). The summed E-state index contributed by atoms with van der Waals surface area (Å²) in [4.78, 5) is 27.4. The SMILES string of the molecule is COc1ccc(CCC(=O)N(Cc2ccccc2F)[C@H](C)C(=O)NC(C)(C)C)cc1OC. The maximum atomic E-state index is 14.3. The number of ether oxygens (including phenoxy) is 2. The van der Waals surface area contributed by atoms with Crippen LogP contribution in [-0.2, 0) is 22.6 Å².